The van der Waals surface area contributed by atoms with Crippen LogP contribution >= 0.6 is 11.3 Å². The molecular weight excluding hydrogens is 446 g/mol. The zero-order valence-electron chi connectivity index (χ0n) is 19.1. The number of hydrogen-bond acceptors (Lipinski definition) is 7. The van der Waals surface area contributed by atoms with Gasteiger partial charge in [0.25, 0.3) is 0 Å². The second-order valence-electron chi connectivity index (χ2n) is 8.77. The molecule has 8 nitrogen and oxygen atoms in total. The summed E-state index contributed by atoms with van der Waals surface area (Å²) in [5.74, 6) is 2.50. The molecule has 1 saturated heterocycles. The number of benzene rings is 1. The minimum Gasteiger partial charge on any atom is -0.396 e. The van der Waals surface area contributed by atoms with Gasteiger partial charge < -0.3 is 14.6 Å². The summed E-state index contributed by atoms with van der Waals surface area (Å²) in [7, 11) is 3.89. The maximum atomic E-state index is 9.79. The van der Waals surface area contributed by atoms with E-state index in [0.717, 1.165) is 62.9 Å². The first kappa shape index (κ1) is 21.0. The molecule has 1 unspecified atom stereocenters. The van der Waals surface area contributed by atoms with Crippen molar-refractivity contribution in [2.45, 2.75) is 6.42 Å². The molecule has 1 aliphatic rings. The molecule has 1 fully saturated rings. The topological polar surface area (TPSA) is 84.9 Å². The van der Waals surface area contributed by atoms with Crippen molar-refractivity contribution in [3.8, 4) is 33.2 Å². The van der Waals surface area contributed by atoms with Crippen LogP contribution < -0.4 is 4.90 Å². The number of fused-ring (bicyclic) bond motifs is 1. The van der Waals surface area contributed by atoms with Gasteiger partial charge in [-0.2, -0.15) is 5.10 Å². The molecule has 9 heteroatoms. The number of rotatable bonds is 5. The lowest BCUT2D eigenvalue weighted by molar-refractivity contribution is 0.238. The SMILES string of the molecule is Cn1cc(-c2sc3nc(-c4nccn4C)nc(N4CCC(CO)C4)c3c2-c2ccccc2)cn1. The number of anilines is 1. The molecule has 0 spiro atoms. The Morgan fingerprint density at radius 1 is 1.12 bits per heavy atom. The van der Waals surface area contributed by atoms with Crippen LogP contribution in [-0.2, 0) is 14.1 Å². The molecule has 1 N–H and O–H groups in total. The maximum absolute atomic E-state index is 9.79. The third-order valence-corrected chi connectivity index (χ3v) is 7.56. The van der Waals surface area contributed by atoms with Gasteiger partial charge in [0, 0.05) is 74.3 Å². The first-order chi connectivity index (χ1) is 16.6. The van der Waals surface area contributed by atoms with Crippen molar-refractivity contribution >= 4 is 27.4 Å². The minimum absolute atomic E-state index is 0.188. The highest BCUT2D eigenvalue weighted by Crippen LogP contribution is 2.48. The molecule has 0 radical (unpaired) electrons. The van der Waals surface area contributed by atoms with E-state index in [9.17, 15) is 5.11 Å². The lowest BCUT2D eigenvalue weighted by Gasteiger charge is -2.20. The largest absolute Gasteiger partial charge is 0.396 e. The Bertz CT molecular complexity index is 1470. The van der Waals surface area contributed by atoms with E-state index in [-0.39, 0.29) is 12.5 Å². The molecule has 1 atom stereocenters. The first-order valence-corrected chi connectivity index (χ1v) is 12.2. The summed E-state index contributed by atoms with van der Waals surface area (Å²) in [6.07, 6.45) is 8.57. The number of thiophene rings is 1. The first-order valence-electron chi connectivity index (χ1n) is 11.3. The second kappa shape index (κ2) is 8.34. The number of aliphatic hydroxyl groups excluding tert-OH is 1. The van der Waals surface area contributed by atoms with Crippen molar-refractivity contribution in [3.05, 3.63) is 55.1 Å². The average molecular weight is 472 g/mol. The van der Waals surface area contributed by atoms with Crippen LogP contribution in [0.2, 0.25) is 0 Å². The van der Waals surface area contributed by atoms with Crippen molar-refractivity contribution in [2.75, 3.05) is 24.6 Å². The van der Waals surface area contributed by atoms with E-state index in [0.29, 0.717) is 5.82 Å². The Morgan fingerprint density at radius 2 is 1.97 bits per heavy atom. The highest BCUT2D eigenvalue weighted by Gasteiger charge is 2.29. The fraction of sp³-hybridized carbons (Fsp3) is 0.280. The summed E-state index contributed by atoms with van der Waals surface area (Å²) in [6, 6.07) is 10.4. The van der Waals surface area contributed by atoms with Crippen molar-refractivity contribution in [1.29, 1.82) is 0 Å². The molecule has 1 aromatic carbocycles. The number of aromatic nitrogens is 6. The molecule has 5 aromatic rings. The van der Waals surface area contributed by atoms with Crippen molar-refractivity contribution < 1.29 is 5.11 Å². The third kappa shape index (κ3) is 3.48. The minimum atomic E-state index is 0.188. The summed E-state index contributed by atoms with van der Waals surface area (Å²) >= 11 is 1.66. The predicted molar refractivity (Wildman–Crippen MR) is 135 cm³/mol. The average Bonchev–Trinajstić information content (AvgIpc) is 3.64. The summed E-state index contributed by atoms with van der Waals surface area (Å²) < 4.78 is 3.77. The van der Waals surface area contributed by atoms with Crippen molar-refractivity contribution in [1.82, 2.24) is 29.3 Å². The Hall–Kier alpha value is -3.56. The van der Waals surface area contributed by atoms with E-state index >= 15 is 0 Å². The van der Waals surface area contributed by atoms with Gasteiger partial charge in [0.2, 0.25) is 0 Å². The van der Waals surface area contributed by atoms with E-state index in [4.69, 9.17) is 9.97 Å². The van der Waals surface area contributed by atoms with Gasteiger partial charge in [-0.1, -0.05) is 30.3 Å². The van der Waals surface area contributed by atoms with Crippen molar-refractivity contribution in [3.63, 3.8) is 0 Å². The Labute approximate surface area is 201 Å². The number of imidazole rings is 1. The van der Waals surface area contributed by atoms with Gasteiger partial charge >= 0.3 is 0 Å². The fourth-order valence-electron chi connectivity index (χ4n) is 4.69. The quantitative estimate of drug-likeness (QED) is 0.417. The summed E-state index contributed by atoms with van der Waals surface area (Å²) in [5.41, 5.74) is 3.31. The Balaban J connectivity index is 1.67. The van der Waals surface area contributed by atoms with Crippen LogP contribution in [0.4, 0.5) is 5.82 Å². The molecule has 34 heavy (non-hydrogen) atoms. The second-order valence-corrected chi connectivity index (χ2v) is 9.77. The zero-order chi connectivity index (χ0) is 23.2. The van der Waals surface area contributed by atoms with E-state index in [1.54, 1.807) is 17.5 Å². The highest BCUT2D eigenvalue weighted by atomic mass is 32.1. The van der Waals surface area contributed by atoms with Gasteiger partial charge in [-0.25, -0.2) is 15.0 Å². The van der Waals surface area contributed by atoms with Crippen LogP contribution in [0, 0.1) is 5.92 Å². The van der Waals surface area contributed by atoms with E-state index < -0.39 is 0 Å². The van der Waals surface area contributed by atoms with E-state index in [1.165, 1.54) is 0 Å². The van der Waals surface area contributed by atoms with Crippen LogP contribution in [0.3, 0.4) is 0 Å². The van der Waals surface area contributed by atoms with E-state index in [2.05, 4.69) is 39.2 Å². The molecule has 1 aliphatic heterocycles. The normalized spacial score (nSPS) is 16.1. The maximum Gasteiger partial charge on any atom is 0.199 e. The molecule has 0 aliphatic carbocycles. The van der Waals surface area contributed by atoms with Crippen LogP contribution in [0.1, 0.15) is 6.42 Å². The summed E-state index contributed by atoms with van der Waals surface area (Å²) in [4.78, 5) is 19.0. The van der Waals surface area contributed by atoms with Gasteiger partial charge in [0.1, 0.15) is 10.6 Å². The number of aliphatic hydroxyl groups is 1. The molecule has 5 heterocycles. The summed E-state index contributed by atoms with van der Waals surface area (Å²) in [5, 5.41) is 15.3. The molecule has 6 rings (SSSR count). The standard InChI is InChI=1S/C25H25N7OS/c1-30-11-9-26-24(30)22-28-23(32-10-8-16(13-32)15-33)20-19(17-6-4-3-5-7-17)21(34-25(20)29-22)18-12-27-31(2)14-18/h3-7,9,11-12,14,16,33H,8,10,13,15H2,1-2H3. The molecule has 0 saturated carbocycles. The zero-order valence-corrected chi connectivity index (χ0v) is 19.9. The number of hydrogen-bond donors (Lipinski definition) is 1. The van der Waals surface area contributed by atoms with Gasteiger partial charge in [-0.15, -0.1) is 11.3 Å². The van der Waals surface area contributed by atoms with Gasteiger partial charge in [0.15, 0.2) is 11.6 Å². The molecule has 0 bridgehead atoms. The van der Waals surface area contributed by atoms with Crippen molar-refractivity contribution in [2.24, 2.45) is 20.0 Å². The van der Waals surface area contributed by atoms with Gasteiger partial charge in [-0.05, 0) is 12.0 Å². The fourth-order valence-corrected chi connectivity index (χ4v) is 5.85. The smallest absolute Gasteiger partial charge is 0.199 e. The molecule has 4 aromatic heterocycles. The lowest BCUT2D eigenvalue weighted by Crippen LogP contribution is -2.22. The lowest BCUT2D eigenvalue weighted by atomic mass is 10.0. The predicted octanol–water partition coefficient (Wildman–Crippen LogP) is 3.98. The van der Waals surface area contributed by atoms with Crippen LogP contribution in [0.15, 0.2) is 55.1 Å². The molecular formula is C25H25N7OS. The van der Waals surface area contributed by atoms with Crippen LogP contribution in [0.25, 0.3) is 43.4 Å². The molecule has 172 valence electrons. The van der Waals surface area contributed by atoms with Crippen LogP contribution in [0.5, 0.6) is 0 Å². The number of nitrogens with zero attached hydrogens (tertiary/aromatic N) is 7. The van der Waals surface area contributed by atoms with E-state index in [1.807, 2.05) is 48.0 Å². The van der Waals surface area contributed by atoms with Gasteiger partial charge in [-0.3, -0.25) is 4.68 Å². The number of aryl methyl sites for hydroxylation is 2. The Kier molecular flexibility index (Phi) is 5.15. The Morgan fingerprint density at radius 3 is 2.65 bits per heavy atom. The third-order valence-electron chi connectivity index (χ3n) is 6.43. The molecule has 0 amide bonds. The van der Waals surface area contributed by atoms with Gasteiger partial charge in [0.05, 0.1) is 11.6 Å². The highest BCUT2D eigenvalue weighted by molar-refractivity contribution is 7.22. The van der Waals surface area contributed by atoms with Crippen LogP contribution in [-0.4, -0.2) is 54.1 Å². The summed E-state index contributed by atoms with van der Waals surface area (Å²) in [6.45, 7) is 1.81. The monoisotopic (exact) mass is 471 g/mol.